The first-order chi connectivity index (χ1) is 20.8. The van der Waals surface area contributed by atoms with Crippen molar-refractivity contribution in [2.24, 2.45) is 29.6 Å². The molecular formula is C34H42N2O7. The lowest BCUT2D eigenvalue weighted by atomic mass is 9.57. The smallest absolute Gasteiger partial charge is 0.234 e. The molecule has 3 saturated carbocycles. The summed E-state index contributed by atoms with van der Waals surface area (Å²) in [5, 5.41) is 11.4. The van der Waals surface area contributed by atoms with Gasteiger partial charge in [0.15, 0.2) is 0 Å². The second-order valence-corrected chi connectivity index (χ2v) is 13.5. The van der Waals surface area contributed by atoms with E-state index >= 15 is 0 Å². The number of methoxy groups -OCH3 is 2. The number of allylic oxidation sites excluding steroid dienone is 2. The van der Waals surface area contributed by atoms with Crippen LogP contribution in [0.2, 0.25) is 0 Å². The number of benzene rings is 1. The van der Waals surface area contributed by atoms with Gasteiger partial charge in [-0.25, -0.2) is 0 Å². The molecule has 1 N–H and O–H groups in total. The lowest BCUT2D eigenvalue weighted by Crippen LogP contribution is -2.44. The van der Waals surface area contributed by atoms with Crippen LogP contribution in [0, 0.1) is 29.6 Å². The number of phenols is 1. The molecule has 4 aliphatic carbocycles. The molecule has 6 atom stereocenters. The number of hydrogen-bond acceptors (Lipinski definition) is 7. The molecule has 9 heteroatoms. The lowest BCUT2D eigenvalue weighted by molar-refractivity contribution is -0.145. The van der Waals surface area contributed by atoms with Crippen LogP contribution in [0.5, 0.6) is 17.2 Å². The Kier molecular flexibility index (Phi) is 7.25. The van der Waals surface area contributed by atoms with E-state index in [4.69, 9.17) is 9.47 Å². The Morgan fingerprint density at radius 3 is 1.86 bits per heavy atom. The van der Waals surface area contributed by atoms with Gasteiger partial charge in [0.2, 0.25) is 23.6 Å². The molecule has 0 spiro atoms. The first-order valence-electron chi connectivity index (χ1n) is 16.2. The number of fused-ring (bicyclic) bond motifs is 4. The summed E-state index contributed by atoms with van der Waals surface area (Å²) in [7, 11) is 3.02. The molecule has 0 radical (unpaired) electrons. The maximum atomic E-state index is 14.3. The average molecular weight is 591 g/mol. The molecular weight excluding hydrogens is 548 g/mol. The van der Waals surface area contributed by atoms with Crippen LogP contribution in [0.3, 0.4) is 0 Å². The SMILES string of the molecule is COc1cc(O)c(C2C3=CCC4C(=O)N(C5CCCCC5)C(=O)C4C3CC3C(=O)N(C4CCCCC4)C(=O)C32)c(OC)c1. The zero-order chi connectivity index (χ0) is 30.0. The largest absolute Gasteiger partial charge is 0.507 e. The van der Waals surface area contributed by atoms with Crippen LogP contribution in [-0.4, -0.2) is 64.8 Å². The number of imide groups is 2. The Labute approximate surface area is 252 Å². The fourth-order valence-corrected chi connectivity index (χ4v) is 9.54. The van der Waals surface area contributed by atoms with E-state index in [0.29, 0.717) is 29.9 Å². The molecule has 4 amide bonds. The number of ether oxygens (including phenoxy) is 2. The van der Waals surface area contributed by atoms with Crippen molar-refractivity contribution in [3.05, 3.63) is 29.3 Å². The number of hydrogen-bond donors (Lipinski definition) is 1. The number of amides is 4. The Hall–Kier alpha value is -3.36. The molecule has 6 unspecified atom stereocenters. The van der Waals surface area contributed by atoms with Crippen molar-refractivity contribution < 1.29 is 33.8 Å². The molecule has 6 aliphatic rings. The number of carbonyl (C=O) groups excluding carboxylic acids is 4. The van der Waals surface area contributed by atoms with Gasteiger partial charge in [0.25, 0.3) is 0 Å². The molecule has 2 aliphatic heterocycles. The minimum Gasteiger partial charge on any atom is -0.507 e. The molecule has 1 aromatic rings. The maximum absolute atomic E-state index is 14.3. The van der Waals surface area contributed by atoms with Gasteiger partial charge in [0.05, 0.1) is 37.9 Å². The maximum Gasteiger partial charge on any atom is 0.234 e. The van der Waals surface area contributed by atoms with Crippen LogP contribution in [-0.2, 0) is 19.2 Å². The van der Waals surface area contributed by atoms with Gasteiger partial charge in [-0.2, -0.15) is 0 Å². The van der Waals surface area contributed by atoms with Crippen molar-refractivity contribution in [3.8, 4) is 17.2 Å². The van der Waals surface area contributed by atoms with E-state index in [2.05, 4.69) is 0 Å². The summed E-state index contributed by atoms with van der Waals surface area (Å²) in [6.07, 6.45) is 12.3. The van der Waals surface area contributed by atoms with Gasteiger partial charge in [-0.05, 0) is 44.4 Å². The van der Waals surface area contributed by atoms with E-state index in [0.717, 1.165) is 69.8 Å². The minimum atomic E-state index is -0.705. The number of rotatable bonds is 5. The normalized spacial score (nSPS) is 33.3. The van der Waals surface area contributed by atoms with Crippen LogP contribution < -0.4 is 9.47 Å². The van der Waals surface area contributed by atoms with Crippen LogP contribution >= 0.6 is 0 Å². The second-order valence-electron chi connectivity index (χ2n) is 13.5. The van der Waals surface area contributed by atoms with Crippen molar-refractivity contribution in [1.29, 1.82) is 0 Å². The van der Waals surface area contributed by atoms with Gasteiger partial charge in [0.1, 0.15) is 17.2 Å². The van der Waals surface area contributed by atoms with Gasteiger partial charge in [0, 0.05) is 35.7 Å². The van der Waals surface area contributed by atoms with E-state index in [1.165, 1.54) is 25.2 Å². The van der Waals surface area contributed by atoms with Crippen molar-refractivity contribution in [3.63, 3.8) is 0 Å². The zero-order valence-electron chi connectivity index (χ0n) is 25.1. The Morgan fingerprint density at radius 2 is 1.28 bits per heavy atom. The summed E-state index contributed by atoms with van der Waals surface area (Å²) < 4.78 is 11.2. The summed E-state index contributed by atoms with van der Waals surface area (Å²) in [5.74, 6) is -3.21. The van der Waals surface area contributed by atoms with Crippen LogP contribution in [0.15, 0.2) is 23.8 Å². The molecule has 2 saturated heterocycles. The van der Waals surface area contributed by atoms with E-state index in [1.54, 1.807) is 11.0 Å². The van der Waals surface area contributed by atoms with Crippen molar-refractivity contribution >= 4 is 23.6 Å². The summed E-state index contributed by atoms with van der Waals surface area (Å²) in [4.78, 5) is 59.6. The van der Waals surface area contributed by atoms with Gasteiger partial charge in [-0.15, -0.1) is 0 Å². The number of phenolic OH excluding ortho intramolecular Hbond substituents is 1. The molecule has 9 nitrogen and oxygen atoms in total. The van der Waals surface area contributed by atoms with Crippen LogP contribution in [0.1, 0.15) is 88.5 Å². The highest BCUT2D eigenvalue weighted by atomic mass is 16.5. The third-order valence-corrected chi connectivity index (χ3v) is 11.5. The molecule has 7 rings (SSSR count). The quantitative estimate of drug-likeness (QED) is 0.390. The molecule has 2 heterocycles. The molecule has 0 bridgehead atoms. The Morgan fingerprint density at radius 1 is 0.698 bits per heavy atom. The Bertz CT molecular complexity index is 1370. The summed E-state index contributed by atoms with van der Waals surface area (Å²) in [6.45, 7) is 0. The van der Waals surface area contributed by atoms with Gasteiger partial charge >= 0.3 is 0 Å². The third-order valence-electron chi connectivity index (χ3n) is 11.5. The molecule has 230 valence electrons. The highest BCUT2D eigenvalue weighted by molar-refractivity contribution is 6.08. The van der Waals surface area contributed by atoms with Crippen LogP contribution in [0.4, 0.5) is 0 Å². The standard InChI is InChI=1S/C34H42N2O7/c1-42-20-15-25(37)30(26(16-20)43-2)28-21-13-14-22-27(33(40)35(31(22)38)18-9-5-3-6-10-18)23(21)17-24-29(28)34(41)36(32(24)39)19-11-7-4-8-12-19/h13,15-16,18-19,22-24,27-29,37H,3-12,14,17H2,1-2H3. The summed E-state index contributed by atoms with van der Waals surface area (Å²) in [6, 6.07) is 3.02. The van der Waals surface area contributed by atoms with E-state index < -0.39 is 29.6 Å². The fraction of sp³-hybridized carbons (Fsp3) is 0.647. The van der Waals surface area contributed by atoms with Gasteiger partial charge in [-0.3, -0.25) is 29.0 Å². The average Bonchev–Trinajstić information content (AvgIpc) is 3.44. The number of likely N-dealkylation sites (tertiary alicyclic amines) is 2. The van der Waals surface area contributed by atoms with Gasteiger partial charge in [-0.1, -0.05) is 50.2 Å². The minimum absolute atomic E-state index is 0.0582. The van der Waals surface area contributed by atoms with E-state index in [9.17, 15) is 24.3 Å². The van der Waals surface area contributed by atoms with Gasteiger partial charge < -0.3 is 14.6 Å². The molecule has 1 aromatic carbocycles. The first kappa shape index (κ1) is 28.4. The third kappa shape index (κ3) is 4.32. The number of aromatic hydroxyl groups is 1. The monoisotopic (exact) mass is 590 g/mol. The van der Waals surface area contributed by atoms with Crippen molar-refractivity contribution in [2.45, 2.75) is 95.1 Å². The van der Waals surface area contributed by atoms with Crippen molar-refractivity contribution in [1.82, 2.24) is 9.80 Å². The highest BCUT2D eigenvalue weighted by Crippen LogP contribution is 2.61. The second kappa shape index (κ2) is 11.0. The number of carbonyl (C=O) groups is 4. The first-order valence-corrected chi connectivity index (χ1v) is 16.2. The number of nitrogens with zero attached hydrogens (tertiary/aromatic N) is 2. The fourth-order valence-electron chi connectivity index (χ4n) is 9.54. The highest BCUT2D eigenvalue weighted by Gasteiger charge is 2.63. The lowest BCUT2D eigenvalue weighted by Gasteiger charge is -2.44. The predicted octanol–water partition coefficient (Wildman–Crippen LogP) is 4.71. The molecule has 0 aromatic heterocycles. The zero-order valence-corrected chi connectivity index (χ0v) is 25.1. The summed E-state index contributed by atoms with van der Waals surface area (Å²) >= 11 is 0. The van der Waals surface area contributed by atoms with Crippen LogP contribution in [0.25, 0.3) is 0 Å². The van der Waals surface area contributed by atoms with E-state index in [1.807, 2.05) is 6.08 Å². The van der Waals surface area contributed by atoms with Crippen molar-refractivity contribution in [2.75, 3.05) is 14.2 Å². The van der Waals surface area contributed by atoms with E-state index in [-0.39, 0.29) is 47.4 Å². The Balaban J connectivity index is 1.33. The molecule has 5 fully saturated rings. The predicted molar refractivity (Wildman–Crippen MR) is 156 cm³/mol. The summed E-state index contributed by atoms with van der Waals surface area (Å²) in [5.41, 5.74) is 1.32. The topological polar surface area (TPSA) is 113 Å². The molecule has 43 heavy (non-hydrogen) atoms.